The van der Waals surface area contributed by atoms with E-state index in [0.29, 0.717) is 11.3 Å². The van der Waals surface area contributed by atoms with E-state index in [-0.39, 0.29) is 29.6 Å². The van der Waals surface area contributed by atoms with Crippen LogP contribution in [0.1, 0.15) is 59.5 Å². The van der Waals surface area contributed by atoms with Gasteiger partial charge in [-0.3, -0.25) is 9.59 Å². The van der Waals surface area contributed by atoms with Gasteiger partial charge >= 0.3 is 0 Å². The molecule has 4 rings (SSSR count). The fourth-order valence-electron chi connectivity index (χ4n) is 3.88. The molecule has 2 aliphatic rings. The van der Waals surface area contributed by atoms with Crippen molar-refractivity contribution >= 4 is 17.5 Å². The van der Waals surface area contributed by atoms with E-state index in [1.54, 1.807) is 35.1 Å². The third-order valence-corrected chi connectivity index (χ3v) is 5.60. The van der Waals surface area contributed by atoms with Gasteiger partial charge in [-0.05, 0) is 63.4 Å². The number of aromatic nitrogens is 3. The van der Waals surface area contributed by atoms with E-state index in [9.17, 15) is 9.59 Å². The van der Waals surface area contributed by atoms with Crippen LogP contribution in [0.4, 0.5) is 5.69 Å². The average Bonchev–Trinajstić information content (AvgIpc) is 3.40. The van der Waals surface area contributed by atoms with Crippen LogP contribution in [0.2, 0.25) is 0 Å². The molecule has 2 atom stereocenters. The molecule has 3 heterocycles. The molecule has 0 radical (unpaired) electrons. The van der Waals surface area contributed by atoms with Gasteiger partial charge in [-0.1, -0.05) is 5.21 Å². The maximum atomic E-state index is 12.7. The molecule has 2 fully saturated rings. The standard InChI is InChI=1S/C20H26N6O2/c1-14-4-2-3-11-25(14)20(28)15-5-7-16(8-6-15)22-19(27)18-13-26(24-23-18)17-9-10-21-12-17/h5-8,13-14,17,21H,2-4,9-12H2,1H3,(H,22,27). The van der Waals surface area contributed by atoms with Gasteiger partial charge in [-0.25, -0.2) is 4.68 Å². The van der Waals surface area contributed by atoms with Crippen LogP contribution in [0, 0.1) is 0 Å². The van der Waals surface area contributed by atoms with Gasteiger partial charge < -0.3 is 15.5 Å². The van der Waals surface area contributed by atoms with Crippen molar-refractivity contribution in [2.45, 2.75) is 44.7 Å². The molecule has 148 valence electrons. The van der Waals surface area contributed by atoms with Gasteiger partial charge in [0.15, 0.2) is 5.69 Å². The highest BCUT2D eigenvalue weighted by atomic mass is 16.2. The summed E-state index contributed by atoms with van der Waals surface area (Å²) in [5.41, 5.74) is 1.56. The molecule has 8 nitrogen and oxygen atoms in total. The Labute approximate surface area is 164 Å². The molecule has 28 heavy (non-hydrogen) atoms. The van der Waals surface area contributed by atoms with Crippen LogP contribution in [0.3, 0.4) is 0 Å². The van der Waals surface area contributed by atoms with Gasteiger partial charge in [-0.15, -0.1) is 5.10 Å². The Kier molecular flexibility index (Phi) is 5.38. The Hall–Kier alpha value is -2.74. The second-order valence-corrected chi connectivity index (χ2v) is 7.61. The number of carbonyl (C=O) groups excluding carboxylic acids is 2. The summed E-state index contributed by atoms with van der Waals surface area (Å²) in [7, 11) is 0. The monoisotopic (exact) mass is 382 g/mol. The maximum absolute atomic E-state index is 12.7. The first-order valence-corrected chi connectivity index (χ1v) is 9.97. The molecule has 1 aromatic heterocycles. The van der Waals surface area contributed by atoms with Crippen molar-refractivity contribution < 1.29 is 9.59 Å². The molecule has 2 saturated heterocycles. The van der Waals surface area contributed by atoms with Gasteiger partial charge in [0.25, 0.3) is 11.8 Å². The van der Waals surface area contributed by atoms with E-state index in [4.69, 9.17) is 0 Å². The molecule has 0 saturated carbocycles. The van der Waals surface area contributed by atoms with Gasteiger partial charge in [0, 0.05) is 30.4 Å². The largest absolute Gasteiger partial charge is 0.336 e. The normalized spacial score (nSPS) is 22.2. The summed E-state index contributed by atoms with van der Waals surface area (Å²) in [4.78, 5) is 27.1. The zero-order valence-electron chi connectivity index (χ0n) is 16.1. The van der Waals surface area contributed by atoms with E-state index in [0.717, 1.165) is 38.9 Å². The lowest BCUT2D eigenvalue weighted by Gasteiger charge is -2.33. The highest BCUT2D eigenvalue weighted by Crippen LogP contribution is 2.20. The second kappa shape index (κ2) is 8.10. The third-order valence-electron chi connectivity index (χ3n) is 5.60. The van der Waals surface area contributed by atoms with Crippen LogP contribution in [-0.4, -0.2) is 57.4 Å². The summed E-state index contributed by atoms with van der Waals surface area (Å²) < 4.78 is 1.75. The van der Waals surface area contributed by atoms with Gasteiger partial charge in [0.2, 0.25) is 0 Å². The molecule has 0 aliphatic carbocycles. The van der Waals surface area contributed by atoms with Gasteiger partial charge in [0.05, 0.1) is 12.2 Å². The zero-order chi connectivity index (χ0) is 19.5. The number of anilines is 1. The molecule has 2 unspecified atom stereocenters. The Bertz CT molecular complexity index is 841. The Balaban J connectivity index is 1.38. The number of rotatable bonds is 4. The van der Waals surface area contributed by atoms with Crippen molar-refractivity contribution in [3.63, 3.8) is 0 Å². The van der Waals surface area contributed by atoms with Crippen LogP contribution in [0.5, 0.6) is 0 Å². The summed E-state index contributed by atoms with van der Waals surface area (Å²) in [6, 6.07) is 7.56. The molecule has 2 aliphatic heterocycles. The van der Waals surface area contributed by atoms with Crippen molar-refractivity contribution in [1.82, 2.24) is 25.2 Å². The highest BCUT2D eigenvalue weighted by molar-refractivity contribution is 6.03. The van der Waals surface area contributed by atoms with Crippen molar-refractivity contribution in [2.75, 3.05) is 25.0 Å². The summed E-state index contributed by atoms with van der Waals surface area (Å²) in [5.74, 6) is -0.251. The predicted molar refractivity (Wildman–Crippen MR) is 105 cm³/mol. The lowest BCUT2D eigenvalue weighted by Crippen LogP contribution is -2.42. The van der Waals surface area contributed by atoms with Crippen LogP contribution in [0.15, 0.2) is 30.5 Å². The molecule has 2 aromatic rings. The first-order valence-electron chi connectivity index (χ1n) is 9.97. The van der Waals surface area contributed by atoms with E-state index >= 15 is 0 Å². The summed E-state index contributed by atoms with van der Waals surface area (Å²) >= 11 is 0. The minimum Gasteiger partial charge on any atom is -0.336 e. The number of carbonyl (C=O) groups is 2. The van der Waals surface area contributed by atoms with Crippen molar-refractivity contribution in [1.29, 1.82) is 0 Å². The predicted octanol–water partition coefficient (Wildman–Crippen LogP) is 2.08. The molecule has 0 bridgehead atoms. The first kappa shape index (κ1) is 18.6. The van der Waals surface area contributed by atoms with Crippen LogP contribution in [-0.2, 0) is 0 Å². The van der Waals surface area contributed by atoms with Crippen molar-refractivity contribution in [2.24, 2.45) is 0 Å². The number of hydrogen-bond donors (Lipinski definition) is 2. The van der Waals surface area contributed by atoms with Gasteiger partial charge in [-0.2, -0.15) is 0 Å². The van der Waals surface area contributed by atoms with Crippen molar-refractivity contribution in [3.05, 3.63) is 41.7 Å². The van der Waals surface area contributed by atoms with E-state index in [1.807, 2.05) is 4.90 Å². The van der Waals surface area contributed by atoms with Crippen LogP contribution >= 0.6 is 0 Å². The lowest BCUT2D eigenvalue weighted by atomic mass is 10.0. The van der Waals surface area contributed by atoms with Crippen molar-refractivity contribution in [3.8, 4) is 0 Å². The number of amides is 2. The van der Waals surface area contributed by atoms with Crippen LogP contribution < -0.4 is 10.6 Å². The quantitative estimate of drug-likeness (QED) is 0.845. The number of piperidine rings is 1. The van der Waals surface area contributed by atoms with Gasteiger partial charge in [0.1, 0.15) is 0 Å². The minimum atomic E-state index is -0.305. The topological polar surface area (TPSA) is 92.2 Å². The summed E-state index contributed by atoms with van der Waals surface area (Å²) in [6.07, 6.45) is 5.95. The van der Waals surface area contributed by atoms with E-state index in [1.165, 1.54) is 6.42 Å². The Morgan fingerprint density at radius 2 is 2.00 bits per heavy atom. The Morgan fingerprint density at radius 1 is 1.18 bits per heavy atom. The molecule has 1 aromatic carbocycles. The minimum absolute atomic E-state index is 0.0539. The number of likely N-dealkylation sites (tertiary alicyclic amines) is 1. The first-order chi connectivity index (χ1) is 13.6. The summed E-state index contributed by atoms with van der Waals surface area (Å²) in [5, 5.41) is 14.1. The number of nitrogens with zero attached hydrogens (tertiary/aromatic N) is 4. The molecule has 2 N–H and O–H groups in total. The highest BCUT2D eigenvalue weighted by Gasteiger charge is 2.24. The SMILES string of the molecule is CC1CCCCN1C(=O)c1ccc(NC(=O)c2cn(C3CCNC3)nn2)cc1. The third kappa shape index (κ3) is 3.91. The fraction of sp³-hybridized carbons (Fsp3) is 0.500. The number of nitrogens with one attached hydrogen (secondary N) is 2. The molecule has 2 amide bonds. The summed E-state index contributed by atoms with van der Waals surface area (Å²) in [6.45, 7) is 4.70. The molecule has 0 spiro atoms. The fourth-order valence-corrected chi connectivity index (χ4v) is 3.88. The average molecular weight is 382 g/mol. The lowest BCUT2D eigenvalue weighted by molar-refractivity contribution is 0.0635. The van der Waals surface area contributed by atoms with Crippen LogP contribution in [0.25, 0.3) is 0 Å². The van der Waals surface area contributed by atoms with E-state index < -0.39 is 0 Å². The second-order valence-electron chi connectivity index (χ2n) is 7.61. The Morgan fingerprint density at radius 3 is 2.71 bits per heavy atom. The number of hydrogen-bond acceptors (Lipinski definition) is 5. The van der Waals surface area contributed by atoms with E-state index in [2.05, 4.69) is 27.9 Å². The zero-order valence-corrected chi connectivity index (χ0v) is 16.1. The maximum Gasteiger partial charge on any atom is 0.277 e. The molecule has 8 heteroatoms. The molecular formula is C20H26N6O2. The number of benzene rings is 1. The molecular weight excluding hydrogens is 356 g/mol. The smallest absolute Gasteiger partial charge is 0.277 e.